The first-order valence-corrected chi connectivity index (χ1v) is 6.06. The highest BCUT2D eigenvalue weighted by Crippen LogP contribution is 2.14. The predicted molar refractivity (Wildman–Crippen MR) is 90.3 cm³/mol. The molecule has 0 aliphatic heterocycles. The molecule has 1 aromatic carbocycles. The molecule has 6 heteroatoms. The van der Waals surface area contributed by atoms with Gasteiger partial charge in [-0.25, -0.2) is 4.98 Å². The molecular weight excluding hydrogens is 353 g/mol. The van der Waals surface area contributed by atoms with Crippen LogP contribution in [0.5, 0.6) is 0 Å². The summed E-state index contributed by atoms with van der Waals surface area (Å²) in [7, 11) is 3.61. The number of hydrogen-bond donors (Lipinski definition) is 2. The number of benzene rings is 1. The van der Waals surface area contributed by atoms with Gasteiger partial charge < -0.3 is 15.2 Å². The molecule has 0 saturated carbocycles. The Morgan fingerprint density at radius 2 is 2.11 bits per heavy atom. The van der Waals surface area contributed by atoms with E-state index in [0.29, 0.717) is 0 Å². The predicted octanol–water partition coefficient (Wildman–Crippen LogP) is 1.76. The third-order valence-electron chi connectivity index (χ3n) is 2.93. The minimum absolute atomic E-state index is 0. The molecule has 19 heavy (non-hydrogen) atoms. The van der Waals surface area contributed by atoms with Crippen molar-refractivity contribution in [2.45, 2.75) is 13.5 Å². The Bertz CT molecular complexity index is 561. The van der Waals surface area contributed by atoms with Crippen LogP contribution in [0.1, 0.15) is 5.82 Å². The third kappa shape index (κ3) is 3.59. The average Bonchev–Trinajstić information content (AvgIpc) is 2.71. The van der Waals surface area contributed by atoms with Crippen molar-refractivity contribution in [2.75, 3.05) is 20.6 Å². The van der Waals surface area contributed by atoms with Crippen molar-refractivity contribution < 1.29 is 0 Å². The van der Waals surface area contributed by atoms with E-state index in [4.69, 9.17) is 0 Å². The second kappa shape index (κ2) is 7.32. The van der Waals surface area contributed by atoms with Gasteiger partial charge in [0.05, 0.1) is 11.0 Å². The summed E-state index contributed by atoms with van der Waals surface area (Å²) in [4.78, 5) is 8.62. The van der Waals surface area contributed by atoms with Crippen LogP contribution in [-0.2, 0) is 6.54 Å². The number of guanidine groups is 1. The highest BCUT2D eigenvalue weighted by atomic mass is 127. The summed E-state index contributed by atoms with van der Waals surface area (Å²) in [6.07, 6.45) is 0. The van der Waals surface area contributed by atoms with E-state index in [2.05, 4.69) is 31.2 Å². The summed E-state index contributed by atoms with van der Waals surface area (Å²) in [5.74, 6) is 1.84. The van der Waals surface area contributed by atoms with E-state index in [1.165, 1.54) is 5.52 Å². The monoisotopic (exact) mass is 373 g/mol. The summed E-state index contributed by atoms with van der Waals surface area (Å²) in [6, 6.07) is 8.20. The van der Waals surface area contributed by atoms with Crippen LogP contribution in [0.3, 0.4) is 0 Å². The summed E-state index contributed by atoms with van der Waals surface area (Å²) < 4.78 is 2.21. The number of nitrogens with one attached hydrogen (secondary N) is 2. The van der Waals surface area contributed by atoms with Crippen LogP contribution < -0.4 is 10.6 Å². The molecule has 0 spiro atoms. The number of aryl methyl sites for hydroxylation is 1. The van der Waals surface area contributed by atoms with Crippen LogP contribution >= 0.6 is 24.0 Å². The molecule has 2 N–H and O–H groups in total. The highest BCUT2D eigenvalue weighted by Gasteiger charge is 2.05. The molecule has 1 heterocycles. The molecular formula is C13H20IN5. The van der Waals surface area contributed by atoms with Crippen molar-refractivity contribution in [3.05, 3.63) is 30.1 Å². The molecule has 0 radical (unpaired) electrons. The largest absolute Gasteiger partial charge is 0.359 e. The van der Waals surface area contributed by atoms with Gasteiger partial charge in [0.1, 0.15) is 5.82 Å². The Labute approximate surface area is 130 Å². The van der Waals surface area contributed by atoms with Crippen LogP contribution in [0.4, 0.5) is 0 Å². The van der Waals surface area contributed by atoms with Gasteiger partial charge >= 0.3 is 0 Å². The van der Waals surface area contributed by atoms with E-state index in [0.717, 1.165) is 30.4 Å². The fourth-order valence-corrected chi connectivity index (χ4v) is 2.04. The number of imidazole rings is 1. The van der Waals surface area contributed by atoms with Gasteiger partial charge in [0, 0.05) is 27.2 Å². The van der Waals surface area contributed by atoms with E-state index in [1.54, 1.807) is 7.05 Å². The smallest absolute Gasteiger partial charge is 0.190 e. The second-order valence-electron chi connectivity index (χ2n) is 4.05. The zero-order chi connectivity index (χ0) is 13.0. The highest BCUT2D eigenvalue weighted by molar-refractivity contribution is 14.0. The standard InChI is InChI=1S/C13H19N5.HI/c1-10-17-11-6-4-5-7-12(11)18(10)9-8-16-13(14-2)15-3;/h4-7H,8-9H2,1-3H3,(H2,14,15,16);1H. The fourth-order valence-electron chi connectivity index (χ4n) is 2.04. The number of hydrogen-bond acceptors (Lipinski definition) is 2. The third-order valence-corrected chi connectivity index (χ3v) is 2.93. The lowest BCUT2D eigenvalue weighted by Crippen LogP contribution is -2.36. The summed E-state index contributed by atoms with van der Waals surface area (Å²) in [5.41, 5.74) is 2.23. The van der Waals surface area contributed by atoms with Crippen LogP contribution in [-0.4, -0.2) is 36.2 Å². The minimum Gasteiger partial charge on any atom is -0.359 e. The molecule has 5 nitrogen and oxygen atoms in total. The van der Waals surface area contributed by atoms with Gasteiger partial charge in [-0.05, 0) is 19.1 Å². The number of para-hydroxylation sites is 2. The zero-order valence-corrected chi connectivity index (χ0v) is 13.8. The Morgan fingerprint density at radius 1 is 1.37 bits per heavy atom. The van der Waals surface area contributed by atoms with Crippen molar-refractivity contribution in [3.63, 3.8) is 0 Å². The molecule has 2 aromatic rings. The normalized spacial score (nSPS) is 11.2. The Morgan fingerprint density at radius 3 is 2.79 bits per heavy atom. The lowest BCUT2D eigenvalue weighted by Gasteiger charge is -2.10. The van der Waals surface area contributed by atoms with Crippen molar-refractivity contribution >= 4 is 41.0 Å². The lowest BCUT2D eigenvalue weighted by atomic mass is 10.3. The maximum Gasteiger partial charge on any atom is 0.190 e. The first-order valence-electron chi connectivity index (χ1n) is 6.06. The van der Waals surface area contributed by atoms with Gasteiger partial charge in [0.2, 0.25) is 0 Å². The van der Waals surface area contributed by atoms with Crippen molar-refractivity contribution in [2.24, 2.45) is 4.99 Å². The molecule has 1 aromatic heterocycles. The van der Waals surface area contributed by atoms with Crippen LogP contribution in [0.25, 0.3) is 11.0 Å². The molecule has 0 aliphatic rings. The van der Waals surface area contributed by atoms with E-state index < -0.39 is 0 Å². The molecule has 0 unspecified atom stereocenters. The molecule has 2 rings (SSSR count). The second-order valence-corrected chi connectivity index (χ2v) is 4.05. The average molecular weight is 373 g/mol. The van der Waals surface area contributed by atoms with E-state index >= 15 is 0 Å². The lowest BCUT2D eigenvalue weighted by molar-refractivity contribution is 0.665. The fraction of sp³-hybridized carbons (Fsp3) is 0.385. The van der Waals surface area contributed by atoms with Crippen LogP contribution in [0.2, 0.25) is 0 Å². The number of halogens is 1. The van der Waals surface area contributed by atoms with E-state index in [9.17, 15) is 0 Å². The van der Waals surface area contributed by atoms with Crippen LogP contribution in [0.15, 0.2) is 29.3 Å². The van der Waals surface area contributed by atoms with Gasteiger partial charge in [-0.3, -0.25) is 4.99 Å². The number of aromatic nitrogens is 2. The first-order chi connectivity index (χ1) is 8.76. The summed E-state index contributed by atoms with van der Waals surface area (Å²) >= 11 is 0. The molecule has 0 atom stereocenters. The molecule has 0 aliphatic carbocycles. The van der Waals surface area contributed by atoms with Gasteiger partial charge in [-0.15, -0.1) is 24.0 Å². The van der Waals surface area contributed by atoms with Crippen LogP contribution in [0, 0.1) is 6.92 Å². The summed E-state index contributed by atoms with van der Waals surface area (Å²) in [5, 5.41) is 6.24. The topological polar surface area (TPSA) is 54.2 Å². The maximum atomic E-state index is 4.54. The molecule has 0 fully saturated rings. The Hall–Kier alpha value is -1.31. The van der Waals surface area contributed by atoms with Gasteiger partial charge in [0.15, 0.2) is 5.96 Å². The van der Waals surface area contributed by atoms with E-state index in [1.807, 2.05) is 32.2 Å². The van der Waals surface area contributed by atoms with Gasteiger partial charge in [-0.2, -0.15) is 0 Å². The Balaban J connectivity index is 0.00000180. The molecule has 104 valence electrons. The molecule has 0 saturated heterocycles. The first kappa shape index (κ1) is 15.7. The zero-order valence-electron chi connectivity index (χ0n) is 11.5. The summed E-state index contributed by atoms with van der Waals surface area (Å²) in [6.45, 7) is 3.72. The van der Waals surface area contributed by atoms with Crippen molar-refractivity contribution in [3.8, 4) is 0 Å². The number of aliphatic imine (C=N–C) groups is 1. The number of nitrogens with zero attached hydrogens (tertiary/aromatic N) is 3. The van der Waals surface area contributed by atoms with E-state index in [-0.39, 0.29) is 24.0 Å². The van der Waals surface area contributed by atoms with Crippen molar-refractivity contribution in [1.29, 1.82) is 0 Å². The molecule has 0 amide bonds. The van der Waals surface area contributed by atoms with Crippen molar-refractivity contribution in [1.82, 2.24) is 20.2 Å². The number of rotatable bonds is 3. The SMILES string of the molecule is CN=C(NC)NCCn1c(C)nc2ccccc21.I. The van der Waals surface area contributed by atoms with Gasteiger partial charge in [-0.1, -0.05) is 12.1 Å². The quantitative estimate of drug-likeness (QED) is 0.490. The number of fused-ring (bicyclic) bond motifs is 1. The molecule has 0 bridgehead atoms. The Kier molecular flexibility index (Phi) is 6.07. The maximum absolute atomic E-state index is 4.54. The minimum atomic E-state index is 0. The van der Waals surface area contributed by atoms with Gasteiger partial charge in [0.25, 0.3) is 0 Å².